The molecule has 0 N–H and O–H groups in total. The molecule has 0 unspecified atom stereocenters. The summed E-state index contributed by atoms with van der Waals surface area (Å²) in [6.45, 7) is 8.46. The van der Waals surface area contributed by atoms with Crippen LogP contribution in [0.5, 0.6) is 0 Å². The van der Waals surface area contributed by atoms with Gasteiger partial charge in [0.15, 0.2) is 0 Å². The summed E-state index contributed by atoms with van der Waals surface area (Å²) in [6.07, 6.45) is 0. The largest absolute Gasteiger partial charge is 0.141 e. The fourth-order valence-electron chi connectivity index (χ4n) is 0.568. The van der Waals surface area contributed by atoms with Crippen LogP contribution in [0.3, 0.4) is 0 Å². The van der Waals surface area contributed by atoms with Crippen molar-refractivity contribution < 1.29 is 0 Å². The van der Waals surface area contributed by atoms with Crippen LogP contribution in [0.2, 0.25) is 0 Å². The van der Waals surface area contributed by atoms with Gasteiger partial charge in [0.05, 0.1) is 4.08 Å². The lowest BCUT2D eigenvalue weighted by Gasteiger charge is -2.17. The van der Waals surface area contributed by atoms with Gasteiger partial charge in [0.1, 0.15) is 0 Å². The summed E-state index contributed by atoms with van der Waals surface area (Å²) in [5, 5.41) is 0.655. The van der Waals surface area contributed by atoms with Gasteiger partial charge in [0.25, 0.3) is 0 Å². The van der Waals surface area contributed by atoms with Crippen LogP contribution in [0.25, 0.3) is 0 Å². The summed E-state index contributed by atoms with van der Waals surface area (Å²) in [4.78, 5) is 0. The van der Waals surface area contributed by atoms with E-state index in [0.717, 1.165) is 0 Å². The quantitative estimate of drug-likeness (QED) is 0.581. The lowest BCUT2D eigenvalue weighted by atomic mass is 10.5. The maximum atomic E-state index is 5.12. The Bertz CT molecular complexity index is 61.4. The molecule has 0 saturated heterocycles. The molecular weight excluding hydrogens is 136 g/mol. The Kier molecular flexibility index (Phi) is 3.28. The smallest absolute Gasteiger partial charge is 0.0661 e. The standard InChI is InChI=1S/C6H13S2/c1-5(2)8-6(3,4)7/h5H,1-4H3. The highest BCUT2D eigenvalue weighted by Gasteiger charge is 2.13. The lowest BCUT2D eigenvalue weighted by molar-refractivity contribution is 1.00. The lowest BCUT2D eigenvalue weighted by Crippen LogP contribution is -2.07. The SMILES string of the molecule is CC(C)SC(C)(C)[S]. The molecule has 0 aliphatic carbocycles. The topological polar surface area (TPSA) is 0 Å². The van der Waals surface area contributed by atoms with Crippen LogP contribution in [-0.2, 0) is 0 Å². The molecule has 1 radical (unpaired) electrons. The first-order valence-corrected chi connectivity index (χ1v) is 4.09. The fraction of sp³-hybridized carbons (Fsp3) is 1.00. The fourth-order valence-corrected chi connectivity index (χ4v) is 2.28. The summed E-state index contributed by atoms with van der Waals surface area (Å²) >= 11 is 6.95. The summed E-state index contributed by atoms with van der Waals surface area (Å²) in [5.41, 5.74) is 0. The highest BCUT2D eigenvalue weighted by atomic mass is 32.2. The molecule has 0 fully saturated rings. The van der Waals surface area contributed by atoms with Crippen molar-refractivity contribution in [1.82, 2.24) is 0 Å². The van der Waals surface area contributed by atoms with Crippen LogP contribution in [0, 0.1) is 0 Å². The summed E-state index contributed by atoms with van der Waals surface area (Å²) in [5.74, 6) is 0. The highest BCUT2D eigenvalue weighted by Crippen LogP contribution is 2.31. The Hall–Kier alpha value is 0.700. The van der Waals surface area contributed by atoms with Gasteiger partial charge in [-0.25, -0.2) is 0 Å². The van der Waals surface area contributed by atoms with Gasteiger partial charge in [-0.15, -0.1) is 11.8 Å². The highest BCUT2D eigenvalue weighted by molar-refractivity contribution is 8.11. The maximum absolute atomic E-state index is 5.12. The molecule has 8 heavy (non-hydrogen) atoms. The third kappa shape index (κ3) is 6.70. The molecule has 49 valence electrons. The average Bonchev–Trinajstić information content (AvgIpc) is 1.21. The average molecular weight is 149 g/mol. The van der Waals surface area contributed by atoms with Crippen molar-refractivity contribution in [2.45, 2.75) is 37.0 Å². The summed E-state index contributed by atoms with van der Waals surface area (Å²) in [6, 6.07) is 0. The molecule has 0 bridgehead atoms. The molecule has 0 aromatic heterocycles. The zero-order valence-corrected chi connectivity index (χ0v) is 7.53. The monoisotopic (exact) mass is 149 g/mol. The Balaban J connectivity index is 3.39. The number of rotatable bonds is 2. The second-order valence-corrected chi connectivity index (χ2v) is 6.04. The van der Waals surface area contributed by atoms with Gasteiger partial charge >= 0.3 is 0 Å². The second kappa shape index (κ2) is 3.02. The molecule has 0 amide bonds. The molecule has 0 saturated carbocycles. The molecule has 0 aliphatic rings. The Morgan fingerprint density at radius 2 is 1.75 bits per heavy atom. The van der Waals surface area contributed by atoms with Crippen molar-refractivity contribution in [3.63, 3.8) is 0 Å². The van der Waals surface area contributed by atoms with E-state index in [1.54, 1.807) is 0 Å². The van der Waals surface area contributed by atoms with Crippen LogP contribution in [0.1, 0.15) is 27.7 Å². The van der Waals surface area contributed by atoms with Crippen molar-refractivity contribution in [1.29, 1.82) is 0 Å². The van der Waals surface area contributed by atoms with E-state index in [1.165, 1.54) is 0 Å². The van der Waals surface area contributed by atoms with E-state index < -0.39 is 0 Å². The second-order valence-electron chi connectivity index (χ2n) is 2.57. The minimum Gasteiger partial charge on any atom is -0.141 e. The third-order valence-corrected chi connectivity index (χ3v) is 1.85. The Morgan fingerprint density at radius 1 is 1.38 bits per heavy atom. The van der Waals surface area contributed by atoms with Gasteiger partial charge in [0, 0.05) is 5.25 Å². The predicted octanol–water partition coefficient (Wildman–Crippen LogP) is 3.06. The third-order valence-electron chi connectivity index (χ3n) is 0.520. The first kappa shape index (κ1) is 8.70. The molecule has 0 spiro atoms. The van der Waals surface area contributed by atoms with Crippen LogP contribution >= 0.6 is 24.4 Å². The molecular formula is C6H13S2. The van der Waals surface area contributed by atoms with Gasteiger partial charge in [-0.3, -0.25) is 0 Å². The predicted molar refractivity (Wildman–Crippen MR) is 44.4 cm³/mol. The van der Waals surface area contributed by atoms with Gasteiger partial charge in [0.2, 0.25) is 0 Å². The minimum atomic E-state index is 0.0220. The van der Waals surface area contributed by atoms with E-state index in [-0.39, 0.29) is 4.08 Å². The molecule has 2 heteroatoms. The number of hydrogen-bond acceptors (Lipinski definition) is 1. The molecule has 0 aliphatic heterocycles. The normalized spacial score (nSPS) is 12.8. The van der Waals surface area contributed by atoms with Crippen molar-refractivity contribution in [2.24, 2.45) is 0 Å². The van der Waals surface area contributed by atoms with E-state index in [0.29, 0.717) is 5.25 Å². The molecule has 0 aromatic carbocycles. The van der Waals surface area contributed by atoms with E-state index in [1.807, 2.05) is 11.8 Å². The van der Waals surface area contributed by atoms with Gasteiger partial charge in [-0.2, -0.15) is 0 Å². The molecule has 0 aromatic rings. The van der Waals surface area contributed by atoms with Gasteiger partial charge < -0.3 is 0 Å². The molecule has 0 rings (SSSR count). The van der Waals surface area contributed by atoms with E-state index in [2.05, 4.69) is 27.7 Å². The van der Waals surface area contributed by atoms with Crippen molar-refractivity contribution in [3.05, 3.63) is 0 Å². The van der Waals surface area contributed by atoms with Crippen molar-refractivity contribution in [2.75, 3.05) is 0 Å². The van der Waals surface area contributed by atoms with Crippen molar-refractivity contribution in [3.8, 4) is 0 Å². The zero-order valence-electron chi connectivity index (χ0n) is 5.89. The Morgan fingerprint density at radius 3 is 1.75 bits per heavy atom. The zero-order chi connectivity index (χ0) is 6.78. The molecule has 0 nitrogen and oxygen atoms in total. The van der Waals surface area contributed by atoms with E-state index in [4.69, 9.17) is 12.6 Å². The van der Waals surface area contributed by atoms with Crippen LogP contribution in [0.4, 0.5) is 0 Å². The number of thioether (sulfide) groups is 1. The maximum Gasteiger partial charge on any atom is 0.0661 e. The van der Waals surface area contributed by atoms with Gasteiger partial charge in [-0.05, 0) is 13.8 Å². The first-order valence-electron chi connectivity index (χ1n) is 2.80. The van der Waals surface area contributed by atoms with Crippen LogP contribution < -0.4 is 0 Å². The Labute approximate surface area is 61.8 Å². The van der Waals surface area contributed by atoms with E-state index >= 15 is 0 Å². The summed E-state index contributed by atoms with van der Waals surface area (Å²) in [7, 11) is 0. The van der Waals surface area contributed by atoms with Crippen LogP contribution in [-0.4, -0.2) is 9.33 Å². The first-order chi connectivity index (χ1) is 3.42. The van der Waals surface area contributed by atoms with Crippen molar-refractivity contribution >= 4 is 24.4 Å². The number of hydrogen-bond donors (Lipinski definition) is 0. The summed E-state index contributed by atoms with van der Waals surface area (Å²) < 4.78 is 0.0220. The van der Waals surface area contributed by atoms with Crippen LogP contribution in [0.15, 0.2) is 0 Å². The van der Waals surface area contributed by atoms with Gasteiger partial charge in [-0.1, -0.05) is 26.5 Å². The minimum absolute atomic E-state index is 0.0220. The van der Waals surface area contributed by atoms with E-state index in [9.17, 15) is 0 Å². The molecule has 0 atom stereocenters. The molecule has 0 heterocycles.